The van der Waals surface area contributed by atoms with Crippen LogP contribution in [0.2, 0.25) is 0 Å². The fraction of sp³-hybridized carbons (Fsp3) is 0.412. The lowest BCUT2D eigenvalue weighted by Gasteiger charge is -2.15. The van der Waals surface area contributed by atoms with E-state index in [1.165, 1.54) is 16.7 Å². The Balaban J connectivity index is 0.00000220. The van der Waals surface area contributed by atoms with E-state index in [1.54, 1.807) is 7.11 Å². The van der Waals surface area contributed by atoms with Crippen molar-refractivity contribution >= 4 is 12.4 Å². The zero-order chi connectivity index (χ0) is 14.7. The minimum atomic E-state index is 0. The number of benzene rings is 1. The first-order chi connectivity index (χ1) is 9.51. The largest absolute Gasteiger partial charge is 0.496 e. The zero-order valence-corrected chi connectivity index (χ0v) is 14.1. The highest BCUT2D eigenvalue weighted by molar-refractivity contribution is 5.85. The summed E-state index contributed by atoms with van der Waals surface area (Å²) in [5.74, 6) is 2.87. The molecule has 2 rings (SSSR count). The molecule has 0 aliphatic carbocycles. The number of aryl methyl sites for hydroxylation is 3. The minimum absolute atomic E-state index is 0. The minimum Gasteiger partial charge on any atom is -0.496 e. The van der Waals surface area contributed by atoms with Crippen LogP contribution in [0.3, 0.4) is 0 Å². The fourth-order valence-electron chi connectivity index (χ4n) is 2.50. The van der Waals surface area contributed by atoms with Crippen molar-refractivity contribution in [3.05, 3.63) is 52.5 Å². The summed E-state index contributed by atoms with van der Waals surface area (Å²) < 4.78 is 11.0. The maximum atomic E-state index is 5.59. The first kappa shape index (κ1) is 17.6. The van der Waals surface area contributed by atoms with Gasteiger partial charge < -0.3 is 14.5 Å². The predicted octanol–water partition coefficient (Wildman–Crippen LogP) is 4.49. The predicted molar refractivity (Wildman–Crippen MR) is 88.4 cm³/mol. The van der Waals surface area contributed by atoms with Crippen LogP contribution in [0.15, 0.2) is 28.7 Å². The van der Waals surface area contributed by atoms with Gasteiger partial charge in [0.2, 0.25) is 0 Å². The van der Waals surface area contributed by atoms with Gasteiger partial charge in [-0.05, 0) is 39.8 Å². The molecular formula is C17H24ClNO2. The molecular weight excluding hydrogens is 286 g/mol. The summed E-state index contributed by atoms with van der Waals surface area (Å²) in [4.78, 5) is 0. The molecule has 0 aliphatic heterocycles. The average Bonchev–Trinajstić information content (AvgIpc) is 2.75. The van der Waals surface area contributed by atoms with Crippen molar-refractivity contribution in [1.29, 1.82) is 0 Å². The standard InChI is InChI=1S/C17H23NO2.ClH/c1-11-6-7-17(19-5)15(8-11)10-18-13(3)16-9-12(2)20-14(16)4;/h6-9,13,18H,10H2,1-5H3;1H. The topological polar surface area (TPSA) is 34.4 Å². The third kappa shape index (κ3) is 4.26. The molecule has 4 heteroatoms. The summed E-state index contributed by atoms with van der Waals surface area (Å²) in [5, 5.41) is 3.53. The van der Waals surface area contributed by atoms with E-state index in [0.717, 1.165) is 23.8 Å². The van der Waals surface area contributed by atoms with E-state index >= 15 is 0 Å². The fourth-order valence-corrected chi connectivity index (χ4v) is 2.50. The molecule has 0 saturated carbocycles. The molecule has 1 unspecified atom stereocenters. The number of methoxy groups -OCH3 is 1. The Labute approximate surface area is 133 Å². The van der Waals surface area contributed by atoms with Crippen molar-refractivity contribution in [3.8, 4) is 5.75 Å². The molecule has 21 heavy (non-hydrogen) atoms. The van der Waals surface area contributed by atoms with Gasteiger partial charge in [0.05, 0.1) is 7.11 Å². The highest BCUT2D eigenvalue weighted by atomic mass is 35.5. The number of nitrogens with one attached hydrogen (secondary N) is 1. The number of hydrogen-bond donors (Lipinski definition) is 1. The van der Waals surface area contributed by atoms with E-state index in [-0.39, 0.29) is 18.4 Å². The highest BCUT2D eigenvalue weighted by Gasteiger charge is 2.13. The second-order valence-electron chi connectivity index (χ2n) is 5.29. The lowest BCUT2D eigenvalue weighted by molar-refractivity contribution is 0.405. The molecule has 1 N–H and O–H groups in total. The van der Waals surface area contributed by atoms with E-state index < -0.39 is 0 Å². The van der Waals surface area contributed by atoms with Crippen LogP contribution in [0, 0.1) is 20.8 Å². The quantitative estimate of drug-likeness (QED) is 0.884. The van der Waals surface area contributed by atoms with E-state index in [0.29, 0.717) is 0 Å². The van der Waals surface area contributed by atoms with Gasteiger partial charge in [-0.2, -0.15) is 0 Å². The summed E-state index contributed by atoms with van der Waals surface area (Å²) >= 11 is 0. The van der Waals surface area contributed by atoms with Crippen molar-refractivity contribution in [2.45, 2.75) is 40.3 Å². The lowest BCUT2D eigenvalue weighted by Crippen LogP contribution is -2.18. The number of halogens is 1. The van der Waals surface area contributed by atoms with E-state index in [2.05, 4.69) is 37.4 Å². The molecule has 1 aromatic carbocycles. The van der Waals surface area contributed by atoms with Crippen molar-refractivity contribution in [3.63, 3.8) is 0 Å². The van der Waals surface area contributed by atoms with Gasteiger partial charge in [0.1, 0.15) is 17.3 Å². The van der Waals surface area contributed by atoms with Crippen molar-refractivity contribution < 1.29 is 9.15 Å². The zero-order valence-electron chi connectivity index (χ0n) is 13.3. The van der Waals surface area contributed by atoms with Gasteiger partial charge in [0, 0.05) is 23.7 Å². The van der Waals surface area contributed by atoms with E-state index in [9.17, 15) is 0 Å². The summed E-state index contributed by atoms with van der Waals surface area (Å²) in [6.45, 7) is 9.01. The molecule has 2 aromatic rings. The van der Waals surface area contributed by atoms with Crippen molar-refractivity contribution in [2.24, 2.45) is 0 Å². The van der Waals surface area contributed by atoms with Crippen LogP contribution in [-0.2, 0) is 6.54 Å². The molecule has 116 valence electrons. The van der Waals surface area contributed by atoms with Crippen LogP contribution in [0.5, 0.6) is 5.75 Å². The number of rotatable bonds is 5. The second kappa shape index (κ2) is 7.53. The molecule has 0 fully saturated rings. The molecule has 0 radical (unpaired) electrons. The second-order valence-corrected chi connectivity index (χ2v) is 5.29. The van der Waals surface area contributed by atoms with Crippen molar-refractivity contribution in [1.82, 2.24) is 5.32 Å². The normalized spacial score (nSPS) is 11.9. The van der Waals surface area contributed by atoms with Crippen LogP contribution >= 0.6 is 12.4 Å². The maximum absolute atomic E-state index is 5.59. The Morgan fingerprint density at radius 2 is 1.90 bits per heavy atom. The Hall–Kier alpha value is -1.45. The smallest absolute Gasteiger partial charge is 0.123 e. The summed E-state index contributed by atoms with van der Waals surface area (Å²) in [7, 11) is 1.71. The summed E-state index contributed by atoms with van der Waals surface area (Å²) in [5.41, 5.74) is 3.64. The summed E-state index contributed by atoms with van der Waals surface area (Å²) in [6, 6.07) is 8.59. The van der Waals surface area contributed by atoms with Gasteiger partial charge in [-0.1, -0.05) is 17.7 Å². The van der Waals surface area contributed by atoms with Crippen LogP contribution in [-0.4, -0.2) is 7.11 Å². The molecule has 3 nitrogen and oxygen atoms in total. The molecule has 0 saturated heterocycles. The van der Waals surface area contributed by atoms with Gasteiger partial charge in [-0.25, -0.2) is 0 Å². The maximum Gasteiger partial charge on any atom is 0.123 e. The third-order valence-corrected chi connectivity index (χ3v) is 3.58. The van der Waals surface area contributed by atoms with E-state index in [1.807, 2.05) is 19.9 Å². The Morgan fingerprint density at radius 3 is 2.48 bits per heavy atom. The summed E-state index contributed by atoms with van der Waals surface area (Å²) in [6.07, 6.45) is 0. The van der Waals surface area contributed by atoms with Gasteiger partial charge in [0.15, 0.2) is 0 Å². The molecule has 0 amide bonds. The van der Waals surface area contributed by atoms with E-state index in [4.69, 9.17) is 9.15 Å². The molecule has 1 heterocycles. The molecule has 0 bridgehead atoms. The molecule has 0 spiro atoms. The third-order valence-electron chi connectivity index (χ3n) is 3.58. The SMILES string of the molecule is COc1ccc(C)cc1CNC(C)c1cc(C)oc1C.Cl. The lowest BCUT2D eigenvalue weighted by atomic mass is 10.1. The van der Waals surface area contributed by atoms with Gasteiger partial charge in [0.25, 0.3) is 0 Å². The van der Waals surface area contributed by atoms with Gasteiger partial charge in [-0.15, -0.1) is 12.4 Å². The van der Waals surface area contributed by atoms with Crippen LogP contribution in [0.25, 0.3) is 0 Å². The van der Waals surface area contributed by atoms with Gasteiger partial charge >= 0.3 is 0 Å². The van der Waals surface area contributed by atoms with Crippen LogP contribution in [0.4, 0.5) is 0 Å². The number of ether oxygens (including phenoxy) is 1. The molecule has 1 atom stereocenters. The molecule has 1 aromatic heterocycles. The first-order valence-corrected chi connectivity index (χ1v) is 6.95. The Bertz CT molecular complexity index is 592. The van der Waals surface area contributed by atoms with Crippen LogP contribution in [0.1, 0.15) is 41.2 Å². The first-order valence-electron chi connectivity index (χ1n) is 6.95. The van der Waals surface area contributed by atoms with Gasteiger partial charge in [-0.3, -0.25) is 0 Å². The Morgan fingerprint density at radius 1 is 1.19 bits per heavy atom. The number of hydrogen-bond acceptors (Lipinski definition) is 3. The molecule has 0 aliphatic rings. The highest BCUT2D eigenvalue weighted by Crippen LogP contribution is 2.23. The Kier molecular flexibility index (Phi) is 6.31. The van der Waals surface area contributed by atoms with Crippen molar-refractivity contribution in [2.75, 3.05) is 7.11 Å². The average molecular weight is 310 g/mol. The van der Waals surface area contributed by atoms with Crippen LogP contribution < -0.4 is 10.1 Å². The number of furan rings is 1. The monoisotopic (exact) mass is 309 g/mol.